The molecule has 1 saturated carbocycles. The maximum absolute atomic E-state index is 5.11. The van der Waals surface area contributed by atoms with E-state index >= 15 is 0 Å². The molecule has 1 heteroatoms. The predicted octanol–water partition coefficient (Wildman–Crippen LogP) is 7.67. The Morgan fingerprint density at radius 1 is 1.12 bits per heavy atom. The molecule has 140 valence electrons. The third-order valence-corrected chi connectivity index (χ3v) is 5.34. The first-order valence-electron chi connectivity index (χ1n) is 9.76. The third kappa shape index (κ3) is 6.45. The molecule has 0 heterocycles. The molecule has 1 fully saturated rings. The molecule has 0 radical (unpaired) electrons. The van der Waals surface area contributed by atoms with E-state index in [-0.39, 0.29) is 0 Å². The molecular formula is C24H39N. The van der Waals surface area contributed by atoms with Crippen LogP contribution in [-0.2, 0) is 0 Å². The minimum Gasteiger partial charge on any atom is -0.258 e. The lowest BCUT2D eigenvalue weighted by Gasteiger charge is -2.45. The van der Waals surface area contributed by atoms with Gasteiger partial charge in [0.2, 0.25) is 0 Å². The Bertz CT molecular complexity index is 578. The maximum atomic E-state index is 5.11. The van der Waals surface area contributed by atoms with Gasteiger partial charge in [0.05, 0.1) is 0 Å². The van der Waals surface area contributed by atoms with Crippen LogP contribution >= 0.6 is 0 Å². The normalized spacial score (nSPS) is 22.9. The monoisotopic (exact) mass is 341 g/mol. The fraction of sp³-hybridized carbons (Fsp3) is 0.625. The molecule has 0 N–H and O–H groups in total. The second kappa shape index (κ2) is 8.83. The lowest BCUT2D eigenvalue weighted by atomic mass is 9.61. The van der Waals surface area contributed by atoms with Crippen molar-refractivity contribution in [2.45, 2.75) is 81.1 Å². The van der Waals surface area contributed by atoms with Crippen LogP contribution in [0.1, 0.15) is 81.1 Å². The van der Waals surface area contributed by atoms with E-state index in [4.69, 9.17) is 4.99 Å². The van der Waals surface area contributed by atoms with Crippen molar-refractivity contribution in [3.05, 3.63) is 47.7 Å². The third-order valence-electron chi connectivity index (χ3n) is 5.34. The van der Waals surface area contributed by atoms with Crippen molar-refractivity contribution < 1.29 is 0 Å². The summed E-state index contributed by atoms with van der Waals surface area (Å²) in [6.45, 7) is 22.1. The fourth-order valence-electron chi connectivity index (χ4n) is 4.63. The van der Waals surface area contributed by atoms with E-state index in [2.05, 4.69) is 74.1 Å². The van der Waals surface area contributed by atoms with Crippen LogP contribution < -0.4 is 0 Å². The molecule has 25 heavy (non-hydrogen) atoms. The van der Waals surface area contributed by atoms with Crippen LogP contribution in [0.2, 0.25) is 0 Å². The molecule has 0 unspecified atom stereocenters. The van der Waals surface area contributed by atoms with Gasteiger partial charge in [-0.1, -0.05) is 71.1 Å². The summed E-state index contributed by atoms with van der Waals surface area (Å²) < 4.78 is 0. The highest BCUT2D eigenvalue weighted by Crippen LogP contribution is 2.50. The van der Waals surface area contributed by atoms with Gasteiger partial charge in [-0.25, -0.2) is 0 Å². The first-order valence-corrected chi connectivity index (χ1v) is 9.76. The van der Waals surface area contributed by atoms with Crippen molar-refractivity contribution in [2.75, 3.05) is 0 Å². The molecule has 0 amide bonds. The lowest BCUT2D eigenvalue weighted by molar-refractivity contribution is 0.0813. The number of nitrogens with zero attached hydrogens (tertiary/aromatic N) is 1. The molecule has 0 aromatic carbocycles. The van der Waals surface area contributed by atoms with Crippen molar-refractivity contribution >= 4 is 5.71 Å². The van der Waals surface area contributed by atoms with Crippen LogP contribution in [0.5, 0.6) is 0 Å². The van der Waals surface area contributed by atoms with E-state index in [0.29, 0.717) is 16.7 Å². The topological polar surface area (TPSA) is 12.4 Å². The fourth-order valence-corrected chi connectivity index (χ4v) is 4.63. The van der Waals surface area contributed by atoms with E-state index in [0.717, 1.165) is 12.1 Å². The van der Waals surface area contributed by atoms with E-state index in [9.17, 15) is 0 Å². The Morgan fingerprint density at radius 3 is 2.12 bits per heavy atom. The van der Waals surface area contributed by atoms with E-state index in [1.807, 2.05) is 12.2 Å². The van der Waals surface area contributed by atoms with Crippen LogP contribution in [0, 0.1) is 16.7 Å². The summed E-state index contributed by atoms with van der Waals surface area (Å²) in [5, 5.41) is 0. The van der Waals surface area contributed by atoms with E-state index in [1.165, 1.54) is 36.1 Å². The van der Waals surface area contributed by atoms with Crippen molar-refractivity contribution in [1.82, 2.24) is 0 Å². The van der Waals surface area contributed by atoms with Gasteiger partial charge in [-0.15, -0.1) is 0 Å². The van der Waals surface area contributed by atoms with Gasteiger partial charge < -0.3 is 0 Å². The molecule has 0 atom stereocenters. The van der Waals surface area contributed by atoms with Gasteiger partial charge in [0, 0.05) is 17.3 Å². The van der Waals surface area contributed by atoms with Crippen LogP contribution in [-0.4, -0.2) is 5.71 Å². The molecule has 1 rings (SSSR count). The van der Waals surface area contributed by atoms with Crippen molar-refractivity contribution in [3.8, 4) is 0 Å². The Morgan fingerprint density at radius 2 is 1.68 bits per heavy atom. The number of allylic oxidation sites excluding steroid dienone is 7. The SMILES string of the molecule is C=C\C=C/C(=C(\C)CC)C(/C)=N/C(=C\C)C1CC(C)(C)CC(C)(C)C1. The second-order valence-corrected chi connectivity index (χ2v) is 9.16. The molecule has 0 bridgehead atoms. The molecule has 0 saturated heterocycles. The van der Waals surface area contributed by atoms with Gasteiger partial charge in [-0.3, -0.25) is 4.99 Å². The largest absolute Gasteiger partial charge is 0.258 e. The van der Waals surface area contributed by atoms with Crippen LogP contribution in [0.25, 0.3) is 0 Å². The Kier molecular flexibility index (Phi) is 7.65. The average Bonchev–Trinajstić information content (AvgIpc) is 2.49. The Hall–Kier alpha value is -1.37. The van der Waals surface area contributed by atoms with E-state index in [1.54, 1.807) is 0 Å². The summed E-state index contributed by atoms with van der Waals surface area (Å²) in [7, 11) is 0. The number of hydrogen-bond donors (Lipinski definition) is 0. The molecule has 0 aromatic heterocycles. The van der Waals surface area contributed by atoms with Gasteiger partial charge in [0.1, 0.15) is 0 Å². The number of rotatable bonds is 6. The zero-order chi connectivity index (χ0) is 19.3. The quantitative estimate of drug-likeness (QED) is 0.347. The van der Waals surface area contributed by atoms with Gasteiger partial charge in [0.25, 0.3) is 0 Å². The number of aliphatic imine (C=N–C) groups is 1. The molecule has 0 spiro atoms. The molecule has 0 aromatic rings. The first-order chi connectivity index (χ1) is 11.5. The summed E-state index contributed by atoms with van der Waals surface area (Å²) in [5.74, 6) is 0.547. The summed E-state index contributed by atoms with van der Waals surface area (Å²) in [5.41, 5.74) is 5.75. The van der Waals surface area contributed by atoms with Gasteiger partial charge >= 0.3 is 0 Å². The highest BCUT2D eigenvalue weighted by molar-refractivity contribution is 6.02. The molecule has 1 aliphatic carbocycles. The van der Waals surface area contributed by atoms with Gasteiger partial charge in [0.15, 0.2) is 0 Å². The van der Waals surface area contributed by atoms with Crippen LogP contribution in [0.15, 0.2) is 52.7 Å². The highest BCUT2D eigenvalue weighted by atomic mass is 14.8. The Balaban J connectivity index is 3.20. The Labute approximate surface area is 156 Å². The summed E-state index contributed by atoms with van der Waals surface area (Å²) >= 11 is 0. The minimum absolute atomic E-state index is 0.380. The standard InChI is InChI=1S/C24H39N/c1-10-13-14-21(18(4)11-2)19(5)25-22(12-3)20-15-23(6,7)17-24(8,9)16-20/h10,12-14,20H,1,11,15-17H2,2-9H3/b14-13-,21-18-,22-12-,25-19+. The van der Waals surface area contributed by atoms with Gasteiger partial charge in [-0.2, -0.15) is 0 Å². The smallest absolute Gasteiger partial charge is 0.0447 e. The minimum atomic E-state index is 0.380. The highest BCUT2D eigenvalue weighted by Gasteiger charge is 2.39. The first kappa shape index (κ1) is 21.7. The molecule has 1 nitrogen and oxygen atoms in total. The summed E-state index contributed by atoms with van der Waals surface area (Å²) in [4.78, 5) is 5.11. The number of hydrogen-bond acceptors (Lipinski definition) is 1. The molecule has 1 aliphatic rings. The lowest BCUT2D eigenvalue weighted by Crippen LogP contribution is -2.34. The zero-order valence-electron chi connectivity index (χ0n) is 17.9. The molecular weight excluding hydrogens is 302 g/mol. The summed E-state index contributed by atoms with van der Waals surface area (Å²) in [6, 6.07) is 0. The summed E-state index contributed by atoms with van der Waals surface area (Å²) in [6.07, 6.45) is 13.0. The van der Waals surface area contributed by atoms with Crippen LogP contribution in [0.4, 0.5) is 0 Å². The molecule has 0 aliphatic heterocycles. The van der Waals surface area contributed by atoms with E-state index < -0.39 is 0 Å². The second-order valence-electron chi connectivity index (χ2n) is 9.16. The van der Waals surface area contributed by atoms with Crippen molar-refractivity contribution in [2.24, 2.45) is 21.7 Å². The predicted molar refractivity (Wildman–Crippen MR) is 114 cm³/mol. The van der Waals surface area contributed by atoms with Crippen molar-refractivity contribution in [3.63, 3.8) is 0 Å². The maximum Gasteiger partial charge on any atom is 0.0447 e. The van der Waals surface area contributed by atoms with Crippen LogP contribution in [0.3, 0.4) is 0 Å². The average molecular weight is 342 g/mol. The zero-order valence-corrected chi connectivity index (χ0v) is 17.9. The van der Waals surface area contributed by atoms with Gasteiger partial charge in [-0.05, 0) is 62.9 Å². The van der Waals surface area contributed by atoms with Crippen molar-refractivity contribution in [1.29, 1.82) is 0 Å².